The lowest BCUT2D eigenvalue weighted by Gasteiger charge is -2.49. The number of carbonyl (C=O) groups is 1. The Labute approximate surface area is 148 Å². The van der Waals surface area contributed by atoms with Crippen molar-refractivity contribution in [2.24, 2.45) is 22.4 Å². The zero-order valence-electron chi connectivity index (χ0n) is 14.3. The van der Waals surface area contributed by atoms with E-state index in [1.54, 1.807) is 6.07 Å². The fraction of sp³-hybridized carbons (Fsp3) is 0.526. The molecule has 3 aliphatic rings. The first-order valence-electron chi connectivity index (χ1n) is 8.83. The van der Waals surface area contributed by atoms with Gasteiger partial charge in [0.25, 0.3) is 0 Å². The number of nitrogens with two attached hydrogens (primary N) is 1. The number of hydrogen-bond acceptors (Lipinski definition) is 4. The molecule has 0 aliphatic heterocycles. The minimum absolute atomic E-state index is 0.0249. The van der Waals surface area contributed by atoms with E-state index in [-0.39, 0.29) is 11.2 Å². The van der Waals surface area contributed by atoms with Crippen LogP contribution in [0.5, 0.6) is 5.75 Å². The summed E-state index contributed by atoms with van der Waals surface area (Å²) in [4.78, 5) is 11.4. The zero-order chi connectivity index (χ0) is 17.8. The van der Waals surface area contributed by atoms with Crippen molar-refractivity contribution in [2.75, 3.05) is 0 Å². The quantitative estimate of drug-likeness (QED) is 0.839. The van der Waals surface area contributed by atoms with Crippen LogP contribution in [-0.4, -0.2) is 14.7 Å². The van der Waals surface area contributed by atoms with Crippen molar-refractivity contribution in [3.8, 4) is 5.75 Å². The van der Waals surface area contributed by atoms with Crippen LogP contribution in [0.3, 0.4) is 0 Å². The zero-order valence-corrected chi connectivity index (χ0v) is 15.1. The van der Waals surface area contributed by atoms with Crippen molar-refractivity contribution in [2.45, 2.75) is 44.9 Å². The second kappa shape index (κ2) is 5.68. The molecule has 5 nitrogen and oxygen atoms in total. The van der Waals surface area contributed by atoms with Gasteiger partial charge in [-0.15, -0.1) is 0 Å². The van der Waals surface area contributed by atoms with E-state index in [1.807, 2.05) is 12.1 Å². The molecule has 0 aromatic heterocycles. The number of allylic oxidation sites excluding steroid dienone is 2. The third kappa shape index (κ3) is 2.72. The summed E-state index contributed by atoms with van der Waals surface area (Å²) in [6, 6.07) is 5.51. The van der Waals surface area contributed by atoms with E-state index in [0.717, 1.165) is 49.5 Å². The van der Waals surface area contributed by atoms with Gasteiger partial charge in [0.2, 0.25) is 0 Å². The van der Waals surface area contributed by atoms with Gasteiger partial charge in [-0.25, -0.2) is 0 Å². The molecule has 4 unspecified atom stereocenters. The molecule has 0 spiro atoms. The standard InChI is InChI=1S/C19H23NO4S/c1-19-9-8-16-15-6-4-14(24-25(20,22)23)10-12(15)2-5-17(16)18(19)7-3-13(19)11-21/h3-4,6,10-11,16-18H,2,5,7-9H2,1H3,(H2,20,22,23). The summed E-state index contributed by atoms with van der Waals surface area (Å²) in [5.41, 5.74) is 3.47. The molecule has 0 bridgehead atoms. The smallest absolute Gasteiger partial charge is 0.371 e. The van der Waals surface area contributed by atoms with E-state index in [1.165, 1.54) is 5.56 Å². The molecule has 134 valence electrons. The maximum absolute atomic E-state index is 11.4. The number of fused-ring (bicyclic) bond motifs is 5. The van der Waals surface area contributed by atoms with E-state index >= 15 is 0 Å². The van der Waals surface area contributed by atoms with Gasteiger partial charge in [-0.05, 0) is 84.1 Å². The van der Waals surface area contributed by atoms with E-state index < -0.39 is 10.3 Å². The van der Waals surface area contributed by atoms with Crippen molar-refractivity contribution in [3.63, 3.8) is 0 Å². The number of aldehydes is 1. The average molecular weight is 361 g/mol. The van der Waals surface area contributed by atoms with Gasteiger partial charge < -0.3 is 4.18 Å². The Balaban J connectivity index is 1.63. The van der Waals surface area contributed by atoms with Crippen molar-refractivity contribution < 1.29 is 17.4 Å². The summed E-state index contributed by atoms with van der Waals surface area (Å²) in [5, 5.41) is 4.96. The molecule has 25 heavy (non-hydrogen) atoms. The Bertz CT molecular complexity index is 860. The Hall–Kier alpha value is -1.66. The molecule has 1 aromatic rings. The summed E-state index contributed by atoms with van der Waals surface area (Å²) in [6.45, 7) is 2.25. The van der Waals surface area contributed by atoms with Crippen LogP contribution in [0.25, 0.3) is 0 Å². The molecule has 1 fully saturated rings. The highest BCUT2D eigenvalue weighted by Crippen LogP contribution is 2.60. The van der Waals surface area contributed by atoms with Crippen molar-refractivity contribution >= 4 is 16.6 Å². The van der Waals surface area contributed by atoms with Crippen LogP contribution in [0.4, 0.5) is 0 Å². The Morgan fingerprint density at radius 2 is 2.12 bits per heavy atom. The molecule has 2 N–H and O–H groups in total. The number of aryl methyl sites for hydroxylation is 1. The topological polar surface area (TPSA) is 86.5 Å². The molecule has 1 aromatic carbocycles. The van der Waals surface area contributed by atoms with E-state index in [4.69, 9.17) is 9.32 Å². The molecule has 0 heterocycles. The summed E-state index contributed by atoms with van der Waals surface area (Å²) < 4.78 is 27.1. The minimum Gasteiger partial charge on any atom is -0.371 e. The third-order valence-electron chi connectivity index (χ3n) is 6.68. The van der Waals surface area contributed by atoms with Gasteiger partial charge in [0.15, 0.2) is 0 Å². The summed E-state index contributed by atoms with van der Waals surface area (Å²) in [5.74, 6) is 1.86. The first-order valence-corrected chi connectivity index (χ1v) is 10.3. The molecule has 0 amide bonds. The van der Waals surface area contributed by atoms with Gasteiger partial charge in [0, 0.05) is 0 Å². The first kappa shape index (κ1) is 16.8. The monoisotopic (exact) mass is 361 g/mol. The first-order chi connectivity index (χ1) is 11.8. The number of benzene rings is 1. The van der Waals surface area contributed by atoms with Gasteiger partial charge in [-0.1, -0.05) is 19.1 Å². The molecule has 6 heteroatoms. The van der Waals surface area contributed by atoms with Crippen molar-refractivity contribution in [3.05, 3.63) is 41.0 Å². The fourth-order valence-electron chi connectivity index (χ4n) is 5.53. The van der Waals surface area contributed by atoms with E-state index in [9.17, 15) is 13.2 Å². The van der Waals surface area contributed by atoms with Gasteiger partial charge in [-0.2, -0.15) is 13.6 Å². The lowest BCUT2D eigenvalue weighted by Crippen LogP contribution is -2.41. The lowest BCUT2D eigenvalue weighted by atomic mass is 9.54. The van der Waals surface area contributed by atoms with Crippen LogP contribution in [0.15, 0.2) is 29.8 Å². The van der Waals surface area contributed by atoms with Crippen LogP contribution in [0.1, 0.15) is 49.7 Å². The van der Waals surface area contributed by atoms with Crippen LogP contribution >= 0.6 is 0 Å². The Morgan fingerprint density at radius 1 is 1.32 bits per heavy atom. The summed E-state index contributed by atoms with van der Waals surface area (Å²) in [7, 11) is -4.00. The van der Waals surface area contributed by atoms with E-state index in [0.29, 0.717) is 17.8 Å². The third-order valence-corrected chi connectivity index (χ3v) is 7.10. The van der Waals surface area contributed by atoms with Gasteiger partial charge in [0.1, 0.15) is 12.0 Å². The molecule has 4 rings (SSSR count). The molecule has 0 radical (unpaired) electrons. The van der Waals surface area contributed by atoms with Crippen molar-refractivity contribution in [1.82, 2.24) is 0 Å². The second-order valence-electron chi connectivity index (χ2n) is 7.82. The Kier molecular flexibility index (Phi) is 3.81. The van der Waals surface area contributed by atoms with E-state index in [2.05, 4.69) is 13.0 Å². The summed E-state index contributed by atoms with van der Waals surface area (Å²) >= 11 is 0. The van der Waals surface area contributed by atoms with Gasteiger partial charge in [-0.3, -0.25) is 4.79 Å². The highest BCUT2D eigenvalue weighted by Gasteiger charge is 2.51. The highest BCUT2D eigenvalue weighted by molar-refractivity contribution is 7.84. The van der Waals surface area contributed by atoms with Crippen LogP contribution < -0.4 is 9.32 Å². The molecule has 1 saturated carbocycles. The second-order valence-corrected chi connectivity index (χ2v) is 8.97. The van der Waals surface area contributed by atoms with Crippen LogP contribution in [0.2, 0.25) is 0 Å². The molecular formula is C19H23NO4S. The lowest BCUT2D eigenvalue weighted by molar-refractivity contribution is -0.106. The average Bonchev–Trinajstić information content (AvgIpc) is 2.89. The number of rotatable bonds is 3. The number of carbonyl (C=O) groups excluding carboxylic acids is 1. The summed E-state index contributed by atoms with van der Waals surface area (Å²) in [6.07, 6.45) is 8.24. The predicted molar refractivity (Wildman–Crippen MR) is 94.3 cm³/mol. The van der Waals surface area contributed by atoms with Gasteiger partial charge in [0.05, 0.1) is 0 Å². The molecule has 4 atom stereocenters. The largest absolute Gasteiger partial charge is 0.380 e. The maximum atomic E-state index is 11.4. The number of hydrogen-bond donors (Lipinski definition) is 1. The van der Waals surface area contributed by atoms with Crippen LogP contribution in [0, 0.1) is 17.3 Å². The maximum Gasteiger partial charge on any atom is 0.380 e. The molecule has 3 aliphatic carbocycles. The van der Waals surface area contributed by atoms with Crippen molar-refractivity contribution in [1.29, 1.82) is 0 Å². The highest BCUT2D eigenvalue weighted by atomic mass is 32.2. The Morgan fingerprint density at radius 3 is 2.84 bits per heavy atom. The molecule has 0 saturated heterocycles. The predicted octanol–water partition coefficient (Wildman–Crippen LogP) is 2.86. The molecular weight excluding hydrogens is 338 g/mol. The van der Waals surface area contributed by atoms with Gasteiger partial charge >= 0.3 is 10.3 Å². The fourth-order valence-corrected chi connectivity index (χ4v) is 5.90. The van der Waals surface area contributed by atoms with Crippen LogP contribution in [-0.2, 0) is 21.5 Å². The SMILES string of the molecule is CC12CCC3c4ccc(OS(N)(=O)=O)cc4CCC3C1CC=C2C=O. The minimum atomic E-state index is -4.00. The normalized spacial score (nSPS) is 33.7.